The van der Waals surface area contributed by atoms with Gasteiger partial charge in [0, 0.05) is 49.9 Å². The zero-order valence-electron chi connectivity index (χ0n) is 21.5. The fourth-order valence-electron chi connectivity index (χ4n) is 5.02. The van der Waals surface area contributed by atoms with E-state index in [0.29, 0.717) is 24.7 Å². The molecule has 0 bridgehead atoms. The van der Waals surface area contributed by atoms with Crippen molar-refractivity contribution in [2.24, 2.45) is 0 Å². The first-order valence-electron chi connectivity index (χ1n) is 12.5. The van der Waals surface area contributed by atoms with Crippen molar-refractivity contribution in [2.75, 3.05) is 25.6 Å². The van der Waals surface area contributed by atoms with Gasteiger partial charge in [0.1, 0.15) is 0 Å². The molecule has 0 saturated carbocycles. The Hall–Kier alpha value is -3.23. The van der Waals surface area contributed by atoms with Crippen LogP contribution in [-0.2, 0) is 22.5 Å². The fourth-order valence-corrected chi connectivity index (χ4v) is 5.36. The van der Waals surface area contributed by atoms with Gasteiger partial charge in [-0.25, -0.2) is 0 Å². The molecular weight excluding hydrogens is 470 g/mol. The van der Waals surface area contributed by atoms with Crippen molar-refractivity contribution in [3.8, 4) is 0 Å². The SMILES string of the molecule is CCc1ccccc1NC(=O)CCN1C(=S)NC(c2ccccn2)C1c1cc(C)n(CCOC)c1C. The van der Waals surface area contributed by atoms with Crippen LogP contribution in [0.5, 0.6) is 0 Å². The van der Waals surface area contributed by atoms with Crippen molar-refractivity contribution in [1.82, 2.24) is 19.8 Å². The normalized spacial score (nSPS) is 17.3. The predicted molar refractivity (Wildman–Crippen MR) is 147 cm³/mol. The molecule has 7 nitrogen and oxygen atoms in total. The van der Waals surface area contributed by atoms with Crippen LogP contribution in [0.25, 0.3) is 0 Å². The second-order valence-corrected chi connectivity index (χ2v) is 9.49. The number of para-hydroxylation sites is 1. The molecule has 3 aromatic rings. The molecule has 1 aliphatic rings. The Morgan fingerprint density at radius 1 is 1.17 bits per heavy atom. The highest BCUT2D eigenvalue weighted by atomic mass is 32.1. The van der Waals surface area contributed by atoms with Crippen molar-refractivity contribution in [2.45, 2.75) is 52.2 Å². The third-order valence-electron chi connectivity index (χ3n) is 6.90. The lowest BCUT2D eigenvalue weighted by molar-refractivity contribution is -0.116. The number of hydrogen-bond donors (Lipinski definition) is 2. The van der Waals surface area contributed by atoms with Crippen molar-refractivity contribution in [3.05, 3.63) is 82.9 Å². The van der Waals surface area contributed by atoms with Gasteiger partial charge in [-0.3, -0.25) is 9.78 Å². The molecule has 2 aromatic heterocycles. The van der Waals surface area contributed by atoms with Crippen LogP contribution in [-0.4, -0.2) is 45.7 Å². The Morgan fingerprint density at radius 3 is 2.67 bits per heavy atom. The van der Waals surface area contributed by atoms with E-state index in [1.807, 2.05) is 42.5 Å². The van der Waals surface area contributed by atoms with Crippen LogP contribution in [0.4, 0.5) is 5.69 Å². The summed E-state index contributed by atoms with van der Waals surface area (Å²) in [5, 5.41) is 7.21. The number of ether oxygens (including phenoxy) is 1. The molecule has 0 aliphatic carbocycles. The van der Waals surface area contributed by atoms with E-state index in [4.69, 9.17) is 17.0 Å². The maximum atomic E-state index is 13.0. The van der Waals surface area contributed by atoms with Gasteiger partial charge in [0.2, 0.25) is 5.91 Å². The summed E-state index contributed by atoms with van der Waals surface area (Å²) in [4.78, 5) is 19.7. The molecule has 1 amide bonds. The van der Waals surface area contributed by atoms with Crippen molar-refractivity contribution in [1.29, 1.82) is 0 Å². The molecule has 2 N–H and O–H groups in total. The number of nitrogens with one attached hydrogen (secondary N) is 2. The minimum atomic E-state index is -0.112. The number of nitrogens with zero attached hydrogens (tertiary/aromatic N) is 3. The van der Waals surface area contributed by atoms with Crippen LogP contribution in [0.15, 0.2) is 54.7 Å². The number of anilines is 1. The number of aryl methyl sites for hydroxylation is 2. The lowest BCUT2D eigenvalue weighted by atomic mass is 9.96. The van der Waals surface area contributed by atoms with Gasteiger partial charge in [-0.2, -0.15) is 0 Å². The van der Waals surface area contributed by atoms with Crippen molar-refractivity contribution in [3.63, 3.8) is 0 Å². The highest BCUT2D eigenvalue weighted by Gasteiger charge is 2.41. The Morgan fingerprint density at radius 2 is 1.94 bits per heavy atom. The zero-order valence-corrected chi connectivity index (χ0v) is 22.3. The summed E-state index contributed by atoms with van der Waals surface area (Å²) < 4.78 is 7.61. The lowest BCUT2D eigenvalue weighted by Crippen LogP contribution is -2.33. The number of carbonyl (C=O) groups excluding carboxylic acids is 1. The zero-order chi connectivity index (χ0) is 25.7. The average molecular weight is 506 g/mol. The van der Waals surface area contributed by atoms with Crippen molar-refractivity contribution < 1.29 is 9.53 Å². The number of methoxy groups -OCH3 is 1. The quantitative estimate of drug-likeness (QED) is 0.389. The Bertz CT molecular complexity index is 1210. The maximum Gasteiger partial charge on any atom is 0.226 e. The molecule has 8 heteroatoms. The van der Waals surface area contributed by atoms with Gasteiger partial charge in [0.05, 0.1) is 24.4 Å². The molecule has 36 heavy (non-hydrogen) atoms. The van der Waals surface area contributed by atoms with Gasteiger partial charge in [-0.05, 0) is 67.9 Å². The second kappa shape index (κ2) is 11.7. The highest BCUT2D eigenvalue weighted by molar-refractivity contribution is 7.80. The van der Waals surface area contributed by atoms with Crippen LogP contribution in [0.3, 0.4) is 0 Å². The highest BCUT2D eigenvalue weighted by Crippen LogP contribution is 2.40. The van der Waals surface area contributed by atoms with Gasteiger partial charge < -0.3 is 24.8 Å². The standard InChI is InChI=1S/C28H35N5O2S/c1-5-21-10-6-7-11-23(21)30-25(34)13-15-33-27(22-18-19(2)32(20(22)3)16-17-35-4)26(31-28(33)36)24-12-8-9-14-29-24/h6-12,14,18,26-27H,5,13,15-17H2,1-4H3,(H,30,34)(H,31,36). The van der Waals surface area contributed by atoms with Crippen LogP contribution >= 0.6 is 12.2 Å². The van der Waals surface area contributed by atoms with Gasteiger partial charge in [0.15, 0.2) is 5.11 Å². The summed E-state index contributed by atoms with van der Waals surface area (Å²) in [6.07, 6.45) is 3.00. The number of carbonyl (C=O) groups is 1. The number of benzene rings is 1. The Kier molecular flexibility index (Phi) is 8.38. The smallest absolute Gasteiger partial charge is 0.226 e. The van der Waals surface area contributed by atoms with Gasteiger partial charge in [0.25, 0.3) is 0 Å². The number of thiocarbonyl (C=S) groups is 1. The number of pyridine rings is 1. The topological polar surface area (TPSA) is 71.4 Å². The first-order valence-corrected chi connectivity index (χ1v) is 12.9. The molecule has 1 aromatic carbocycles. The summed E-state index contributed by atoms with van der Waals surface area (Å²) in [6, 6.07) is 15.9. The largest absolute Gasteiger partial charge is 0.383 e. The summed E-state index contributed by atoms with van der Waals surface area (Å²) >= 11 is 5.80. The summed E-state index contributed by atoms with van der Waals surface area (Å²) in [6.45, 7) is 8.27. The Balaban J connectivity index is 1.60. The minimum absolute atomic E-state index is 0.0238. The van der Waals surface area contributed by atoms with E-state index < -0.39 is 0 Å². The third kappa shape index (κ3) is 5.44. The molecule has 2 unspecified atom stereocenters. The number of aromatic nitrogens is 2. The summed E-state index contributed by atoms with van der Waals surface area (Å²) in [5.74, 6) is -0.0238. The molecule has 0 spiro atoms. The first-order chi connectivity index (χ1) is 17.4. The monoisotopic (exact) mass is 505 g/mol. The molecule has 0 radical (unpaired) electrons. The molecule has 1 fully saturated rings. The van der Waals surface area contributed by atoms with Crippen LogP contribution in [0, 0.1) is 13.8 Å². The predicted octanol–water partition coefficient (Wildman–Crippen LogP) is 4.71. The maximum absolute atomic E-state index is 13.0. The summed E-state index contributed by atoms with van der Waals surface area (Å²) in [5.41, 5.74) is 6.45. The molecule has 4 rings (SSSR count). The molecule has 190 valence electrons. The van der Waals surface area contributed by atoms with E-state index in [1.165, 1.54) is 17.0 Å². The van der Waals surface area contributed by atoms with Crippen molar-refractivity contribution >= 4 is 28.9 Å². The summed E-state index contributed by atoms with van der Waals surface area (Å²) in [7, 11) is 1.72. The van der Waals surface area contributed by atoms with Crippen LogP contribution in [0.2, 0.25) is 0 Å². The van der Waals surface area contributed by atoms with Crippen LogP contribution < -0.4 is 10.6 Å². The molecule has 2 atom stereocenters. The van der Waals surface area contributed by atoms with Gasteiger partial charge >= 0.3 is 0 Å². The van der Waals surface area contributed by atoms with Gasteiger partial charge in [-0.15, -0.1) is 0 Å². The van der Waals surface area contributed by atoms with E-state index in [9.17, 15) is 4.79 Å². The Labute approximate surface area is 218 Å². The number of amides is 1. The van der Waals surface area contributed by atoms with E-state index in [-0.39, 0.29) is 18.0 Å². The fraction of sp³-hybridized carbons (Fsp3) is 0.393. The molecule has 3 heterocycles. The van der Waals surface area contributed by atoms with E-state index in [2.05, 4.69) is 51.9 Å². The van der Waals surface area contributed by atoms with Gasteiger partial charge in [-0.1, -0.05) is 31.2 Å². The van der Waals surface area contributed by atoms with E-state index in [1.54, 1.807) is 13.3 Å². The van der Waals surface area contributed by atoms with E-state index in [0.717, 1.165) is 29.9 Å². The lowest BCUT2D eigenvalue weighted by Gasteiger charge is -2.28. The molecule has 1 aliphatic heterocycles. The number of hydrogen-bond acceptors (Lipinski definition) is 4. The first kappa shape index (κ1) is 25.9. The second-order valence-electron chi connectivity index (χ2n) is 9.10. The van der Waals surface area contributed by atoms with Crippen LogP contribution in [0.1, 0.15) is 53.6 Å². The van der Waals surface area contributed by atoms with E-state index >= 15 is 0 Å². The average Bonchev–Trinajstić information content (AvgIpc) is 3.36. The minimum Gasteiger partial charge on any atom is -0.383 e. The molecule has 1 saturated heterocycles. The number of rotatable bonds is 10. The molecular formula is C28H35N5O2S. The third-order valence-corrected chi connectivity index (χ3v) is 7.25.